The van der Waals surface area contributed by atoms with Crippen molar-refractivity contribution in [1.29, 1.82) is 0 Å². The number of piperidine rings is 1. The number of morpholine rings is 1. The van der Waals surface area contributed by atoms with Crippen LogP contribution in [0.15, 0.2) is 55.1 Å². The van der Waals surface area contributed by atoms with E-state index in [9.17, 15) is 0 Å². The summed E-state index contributed by atoms with van der Waals surface area (Å²) >= 11 is 0. The van der Waals surface area contributed by atoms with E-state index in [1.54, 1.807) is 18.6 Å². The summed E-state index contributed by atoms with van der Waals surface area (Å²) in [5.41, 5.74) is 2.88. The van der Waals surface area contributed by atoms with Crippen molar-refractivity contribution in [2.45, 2.75) is 12.8 Å². The first kappa shape index (κ1) is 20.0. The zero-order valence-electron chi connectivity index (χ0n) is 17.7. The molecule has 0 N–H and O–H groups in total. The zero-order chi connectivity index (χ0) is 20.9. The lowest BCUT2D eigenvalue weighted by Gasteiger charge is -2.36. The molecule has 0 bridgehead atoms. The fourth-order valence-corrected chi connectivity index (χ4v) is 4.38. The van der Waals surface area contributed by atoms with E-state index in [-0.39, 0.29) is 0 Å². The molecule has 7 nitrogen and oxygen atoms in total. The van der Waals surface area contributed by atoms with Crippen LogP contribution in [0.25, 0.3) is 22.6 Å². The molecule has 0 radical (unpaired) electrons. The van der Waals surface area contributed by atoms with E-state index in [4.69, 9.17) is 14.7 Å². The number of hydrogen-bond acceptors (Lipinski definition) is 7. The van der Waals surface area contributed by atoms with Gasteiger partial charge in [0.1, 0.15) is 5.82 Å². The second-order valence-electron chi connectivity index (χ2n) is 8.26. The molecule has 3 aromatic rings. The van der Waals surface area contributed by atoms with E-state index in [0.29, 0.717) is 0 Å². The van der Waals surface area contributed by atoms with E-state index in [1.807, 2.05) is 30.5 Å². The van der Waals surface area contributed by atoms with Crippen molar-refractivity contribution < 1.29 is 4.74 Å². The van der Waals surface area contributed by atoms with Crippen LogP contribution in [0.1, 0.15) is 12.8 Å². The summed E-state index contributed by atoms with van der Waals surface area (Å²) in [6, 6.07) is 10.0. The molecule has 31 heavy (non-hydrogen) atoms. The lowest BCUT2D eigenvalue weighted by Crippen LogP contribution is -2.43. The lowest BCUT2D eigenvalue weighted by atomic mass is 9.96. The van der Waals surface area contributed by atoms with Gasteiger partial charge in [-0.3, -0.25) is 14.9 Å². The van der Waals surface area contributed by atoms with Gasteiger partial charge in [-0.15, -0.1) is 0 Å². The number of nitrogens with zero attached hydrogens (tertiary/aromatic N) is 6. The van der Waals surface area contributed by atoms with Gasteiger partial charge in [-0.1, -0.05) is 0 Å². The average molecular weight is 417 g/mol. The summed E-state index contributed by atoms with van der Waals surface area (Å²) in [7, 11) is 0. The van der Waals surface area contributed by atoms with E-state index in [1.165, 1.54) is 19.4 Å². The predicted octanol–water partition coefficient (Wildman–Crippen LogP) is 3.15. The predicted molar refractivity (Wildman–Crippen MR) is 121 cm³/mol. The van der Waals surface area contributed by atoms with Crippen molar-refractivity contribution in [1.82, 2.24) is 24.8 Å². The van der Waals surface area contributed by atoms with Gasteiger partial charge >= 0.3 is 0 Å². The maximum atomic E-state index is 5.49. The fourth-order valence-electron chi connectivity index (χ4n) is 4.38. The molecule has 0 aliphatic carbocycles. The minimum absolute atomic E-state index is 0.731. The Morgan fingerprint density at radius 3 is 2.42 bits per heavy atom. The van der Waals surface area contributed by atoms with Crippen molar-refractivity contribution >= 4 is 5.82 Å². The van der Waals surface area contributed by atoms with Crippen molar-refractivity contribution in [2.24, 2.45) is 5.92 Å². The SMILES string of the molecule is c1cncc(-c2cc(N3CCC(CN4CCOCC4)CC3)nc(-c3ccncc3)n2)c1. The number of hydrogen-bond donors (Lipinski definition) is 0. The van der Waals surface area contributed by atoms with Gasteiger partial charge in [0.15, 0.2) is 5.82 Å². The third-order valence-corrected chi connectivity index (χ3v) is 6.17. The first-order valence-electron chi connectivity index (χ1n) is 11.1. The Balaban J connectivity index is 1.36. The van der Waals surface area contributed by atoms with Gasteiger partial charge in [-0.05, 0) is 43.0 Å². The van der Waals surface area contributed by atoms with Crippen molar-refractivity contribution in [3.05, 3.63) is 55.1 Å². The molecule has 5 rings (SSSR count). The molecule has 0 saturated carbocycles. The molecule has 0 amide bonds. The second-order valence-corrected chi connectivity index (χ2v) is 8.26. The molecule has 0 aromatic carbocycles. The number of aromatic nitrogens is 4. The summed E-state index contributed by atoms with van der Waals surface area (Å²) in [5.74, 6) is 2.47. The van der Waals surface area contributed by atoms with E-state index in [0.717, 1.165) is 73.8 Å². The van der Waals surface area contributed by atoms with Crippen LogP contribution in [-0.4, -0.2) is 70.8 Å². The maximum absolute atomic E-state index is 5.49. The van der Waals surface area contributed by atoms with Crippen LogP contribution in [0.5, 0.6) is 0 Å². The van der Waals surface area contributed by atoms with Gasteiger partial charge in [0, 0.05) is 74.7 Å². The molecule has 0 spiro atoms. The molecule has 2 saturated heterocycles. The Hall–Kier alpha value is -2.90. The molecule has 7 heteroatoms. The normalized spacial score (nSPS) is 18.3. The molecule has 160 valence electrons. The first-order valence-corrected chi connectivity index (χ1v) is 11.1. The smallest absolute Gasteiger partial charge is 0.162 e. The fraction of sp³-hybridized carbons (Fsp3) is 0.417. The second kappa shape index (κ2) is 9.49. The van der Waals surface area contributed by atoms with Crippen LogP contribution in [0.4, 0.5) is 5.82 Å². The topological polar surface area (TPSA) is 67.3 Å². The van der Waals surface area contributed by atoms with Crippen molar-refractivity contribution in [3.8, 4) is 22.6 Å². The van der Waals surface area contributed by atoms with Gasteiger partial charge in [0.05, 0.1) is 18.9 Å². The van der Waals surface area contributed by atoms with Gasteiger partial charge in [0.25, 0.3) is 0 Å². The summed E-state index contributed by atoms with van der Waals surface area (Å²) < 4.78 is 5.49. The van der Waals surface area contributed by atoms with Crippen molar-refractivity contribution in [2.75, 3.05) is 50.8 Å². The molecule has 2 aliphatic heterocycles. The van der Waals surface area contributed by atoms with Gasteiger partial charge in [-0.2, -0.15) is 0 Å². The number of rotatable bonds is 5. The quantitative estimate of drug-likeness (QED) is 0.633. The van der Waals surface area contributed by atoms with Crippen LogP contribution in [-0.2, 0) is 4.74 Å². The number of anilines is 1. The molecule has 0 unspecified atom stereocenters. The van der Waals surface area contributed by atoms with E-state index in [2.05, 4.69) is 25.8 Å². The molecule has 5 heterocycles. The summed E-state index contributed by atoms with van der Waals surface area (Å²) in [6.07, 6.45) is 9.59. The van der Waals surface area contributed by atoms with Crippen LogP contribution < -0.4 is 4.90 Å². The highest BCUT2D eigenvalue weighted by Gasteiger charge is 2.24. The van der Waals surface area contributed by atoms with Crippen LogP contribution >= 0.6 is 0 Å². The lowest BCUT2D eigenvalue weighted by molar-refractivity contribution is 0.0289. The number of pyridine rings is 2. The third-order valence-electron chi connectivity index (χ3n) is 6.17. The maximum Gasteiger partial charge on any atom is 0.162 e. The Bertz CT molecular complexity index is 912. The molecule has 2 fully saturated rings. The van der Waals surface area contributed by atoms with E-state index < -0.39 is 0 Å². The molecular formula is C24H28N6O. The molecule has 3 aromatic heterocycles. The molecule has 0 atom stereocenters. The van der Waals surface area contributed by atoms with Crippen LogP contribution in [0.3, 0.4) is 0 Å². The van der Waals surface area contributed by atoms with Gasteiger partial charge < -0.3 is 9.64 Å². The standard InChI is InChI=1S/C24H28N6O/c1-2-21(17-26-7-1)22-16-23(28-24(27-22)20-3-8-25-9-4-20)30-10-5-19(6-11-30)18-29-12-14-31-15-13-29/h1-4,7-9,16-17,19H,5-6,10-15,18H2. The van der Waals surface area contributed by atoms with Gasteiger partial charge in [0.2, 0.25) is 0 Å². The third kappa shape index (κ3) is 4.89. The summed E-state index contributed by atoms with van der Waals surface area (Å²) in [6.45, 7) is 7.10. The molecule has 2 aliphatic rings. The highest BCUT2D eigenvalue weighted by molar-refractivity contribution is 5.67. The summed E-state index contributed by atoms with van der Waals surface area (Å²) in [4.78, 5) is 23.1. The monoisotopic (exact) mass is 416 g/mol. The minimum Gasteiger partial charge on any atom is -0.379 e. The van der Waals surface area contributed by atoms with Gasteiger partial charge in [-0.25, -0.2) is 9.97 Å². The zero-order valence-corrected chi connectivity index (χ0v) is 17.7. The Morgan fingerprint density at radius 2 is 1.68 bits per heavy atom. The van der Waals surface area contributed by atoms with E-state index >= 15 is 0 Å². The minimum atomic E-state index is 0.731. The largest absolute Gasteiger partial charge is 0.379 e. The highest BCUT2D eigenvalue weighted by atomic mass is 16.5. The summed E-state index contributed by atoms with van der Waals surface area (Å²) in [5, 5.41) is 0. The Morgan fingerprint density at radius 1 is 0.871 bits per heavy atom. The van der Waals surface area contributed by atoms with Crippen LogP contribution in [0, 0.1) is 5.92 Å². The average Bonchev–Trinajstić information content (AvgIpc) is 2.86. The highest BCUT2D eigenvalue weighted by Crippen LogP contribution is 2.28. The Kier molecular flexibility index (Phi) is 6.13. The van der Waals surface area contributed by atoms with Crippen molar-refractivity contribution in [3.63, 3.8) is 0 Å². The van der Waals surface area contributed by atoms with Crippen LogP contribution in [0.2, 0.25) is 0 Å². The first-order chi connectivity index (χ1) is 15.3. The Labute approximate surface area is 183 Å². The molecular weight excluding hydrogens is 388 g/mol. The number of ether oxygens (including phenoxy) is 1.